The molecule has 0 aliphatic rings. The van der Waals surface area contributed by atoms with Crippen molar-refractivity contribution in [3.8, 4) is 0 Å². The van der Waals surface area contributed by atoms with E-state index in [4.69, 9.17) is 0 Å². The largest absolute Gasteiger partial charge is 0.389 e. The van der Waals surface area contributed by atoms with Gasteiger partial charge in [0.15, 0.2) is 0 Å². The molecule has 0 saturated heterocycles. The molecule has 0 unspecified atom stereocenters. The summed E-state index contributed by atoms with van der Waals surface area (Å²) >= 11 is 1.69. The summed E-state index contributed by atoms with van der Waals surface area (Å²) < 4.78 is 0. The lowest BCUT2D eigenvalue weighted by atomic mass is 10.1. The van der Waals surface area contributed by atoms with Gasteiger partial charge in [0.25, 0.3) is 0 Å². The number of benzene rings is 1. The summed E-state index contributed by atoms with van der Waals surface area (Å²) in [5, 5.41) is 9.39. The van der Waals surface area contributed by atoms with Gasteiger partial charge in [-0.25, -0.2) is 0 Å². The molecule has 0 aliphatic carbocycles. The Morgan fingerprint density at radius 2 is 1.56 bits per heavy atom. The number of hydrogen-bond acceptors (Lipinski definition) is 3. The zero-order chi connectivity index (χ0) is 11.4. The van der Waals surface area contributed by atoms with Crippen molar-refractivity contribution in [2.75, 3.05) is 0 Å². The SMILES string of the molecule is C[C@@H](O)c1ccc(Sc2ccncc2)cc1. The van der Waals surface area contributed by atoms with Crippen molar-refractivity contribution in [1.29, 1.82) is 0 Å². The van der Waals surface area contributed by atoms with Crippen LogP contribution in [0.4, 0.5) is 0 Å². The van der Waals surface area contributed by atoms with Gasteiger partial charge in [0.2, 0.25) is 0 Å². The fourth-order valence-electron chi connectivity index (χ4n) is 1.36. The third-order valence-corrected chi connectivity index (χ3v) is 3.26. The van der Waals surface area contributed by atoms with Crippen LogP contribution in [0, 0.1) is 0 Å². The molecule has 1 atom stereocenters. The monoisotopic (exact) mass is 231 g/mol. The van der Waals surface area contributed by atoms with E-state index in [1.54, 1.807) is 31.1 Å². The van der Waals surface area contributed by atoms with Crippen LogP contribution >= 0.6 is 11.8 Å². The van der Waals surface area contributed by atoms with Crippen LogP contribution in [0.5, 0.6) is 0 Å². The Hall–Kier alpha value is -1.32. The first-order valence-electron chi connectivity index (χ1n) is 5.11. The van der Waals surface area contributed by atoms with Crippen LogP contribution in [-0.2, 0) is 0 Å². The second-order valence-corrected chi connectivity index (χ2v) is 4.68. The minimum Gasteiger partial charge on any atom is -0.389 e. The minimum atomic E-state index is -0.403. The van der Waals surface area contributed by atoms with Gasteiger partial charge in [0.05, 0.1) is 6.10 Å². The highest BCUT2D eigenvalue weighted by Crippen LogP contribution is 2.27. The second kappa shape index (κ2) is 5.14. The molecule has 0 aliphatic heterocycles. The summed E-state index contributed by atoms with van der Waals surface area (Å²) in [4.78, 5) is 6.31. The Labute approximate surface area is 99.4 Å². The van der Waals surface area contributed by atoms with Gasteiger partial charge in [-0.15, -0.1) is 0 Å². The van der Waals surface area contributed by atoms with Crippen LogP contribution < -0.4 is 0 Å². The fourth-order valence-corrected chi connectivity index (χ4v) is 2.16. The Balaban J connectivity index is 2.11. The minimum absolute atomic E-state index is 0.403. The molecule has 0 radical (unpaired) electrons. The third kappa shape index (κ3) is 2.84. The molecule has 1 N–H and O–H groups in total. The number of nitrogens with zero attached hydrogens (tertiary/aromatic N) is 1. The van der Waals surface area contributed by atoms with Gasteiger partial charge in [0, 0.05) is 22.2 Å². The van der Waals surface area contributed by atoms with Gasteiger partial charge < -0.3 is 5.11 Å². The summed E-state index contributed by atoms with van der Waals surface area (Å²) in [5.74, 6) is 0. The van der Waals surface area contributed by atoms with Crippen molar-refractivity contribution in [3.63, 3.8) is 0 Å². The van der Waals surface area contributed by atoms with Gasteiger partial charge in [-0.1, -0.05) is 23.9 Å². The van der Waals surface area contributed by atoms with Crippen molar-refractivity contribution in [2.24, 2.45) is 0 Å². The molecule has 0 amide bonds. The van der Waals surface area contributed by atoms with E-state index in [9.17, 15) is 5.11 Å². The third-order valence-electron chi connectivity index (χ3n) is 2.25. The lowest BCUT2D eigenvalue weighted by Crippen LogP contribution is -1.89. The summed E-state index contributed by atoms with van der Waals surface area (Å²) in [5.41, 5.74) is 0.944. The number of aromatic nitrogens is 1. The molecule has 1 aromatic heterocycles. The molecule has 16 heavy (non-hydrogen) atoms. The molecule has 2 rings (SSSR count). The molecule has 0 fully saturated rings. The van der Waals surface area contributed by atoms with Gasteiger partial charge >= 0.3 is 0 Å². The van der Waals surface area contributed by atoms with Crippen molar-refractivity contribution in [3.05, 3.63) is 54.4 Å². The van der Waals surface area contributed by atoms with Crippen LogP contribution in [0.2, 0.25) is 0 Å². The maximum Gasteiger partial charge on any atom is 0.0761 e. The molecule has 82 valence electrons. The van der Waals surface area contributed by atoms with E-state index in [-0.39, 0.29) is 0 Å². The summed E-state index contributed by atoms with van der Waals surface area (Å²) in [6.45, 7) is 1.77. The number of rotatable bonds is 3. The predicted molar refractivity (Wildman–Crippen MR) is 65.4 cm³/mol. The van der Waals surface area contributed by atoms with Crippen molar-refractivity contribution >= 4 is 11.8 Å². The second-order valence-electron chi connectivity index (χ2n) is 3.53. The van der Waals surface area contributed by atoms with Crippen molar-refractivity contribution < 1.29 is 5.11 Å². The molecule has 3 heteroatoms. The van der Waals surface area contributed by atoms with E-state index in [2.05, 4.69) is 4.98 Å². The zero-order valence-electron chi connectivity index (χ0n) is 9.00. The quantitative estimate of drug-likeness (QED) is 0.880. The lowest BCUT2D eigenvalue weighted by Gasteiger charge is -2.05. The Morgan fingerprint density at radius 1 is 1.00 bits per heavy atom. The van der Waals surface area contributed by atoms with Gasteiger partial charge in [-0.2, -0.15) is 0 Å². The highest BCUT2D eigenvalue weighted by atomic mass is 32.2. The van der Waals surface area contributed by atoms with E-state index in [0.29, 0.717) is 0 Å². The lowest BCUT2D eigenvalue weighted by molar-refractivity contribution is 0.199. The van der Waals surface area contributed by atoms with E-state index in [1.807, 2.05) is 36.4 Å². The molecule has 2 nitrogen and oxygen atoms in total. The first-order valence-corrected chi connectivity index (χ1v) is 5.93. The normalized spacial score (nSPS) is 12.4. The number of aliphatic hydroxyl groups is 1. The highest BCUT2D eigenvalue weighted by molar-refractivity contribution is 7.99. The average Bonchev–Trinajstić information content (AvgIpc) is 2.31. The highest BCUT2D eigenvalue weighted by Gasteiger charge is 2.01. The van der Waals surface area contributed by atoms with Crippen LogP contribution in [0.25, 0.3) is 0 Å². The number of hydrogen-bond donors (Lipinski definition) is 1. The number of pyridine rings is 1. The predicted octanol–water partition coefficient (Wildman–Crippen LogP) is 3.29. The molecule has 0 spiro atoms. The Bertz CT molecular complexity index is 439. The van der Waals surface area contributed by atoms with Gasteiger partial charge in [-0.05, 0) is 36.8 Å². The standard InChI is InChI=1S/C13H13NOS/c1-10(15)11-2-4-12(5-3-11)16-13-6-8-14-9-7-13/h2-10,15H,1H3/t10-/m1/s1. The summed E-state index contributed by atoms with van der Waals surface area (Å²) in [6.07, 6.45) is 3.17. The molecule has 1 heterocycles. The summed E-state index contributed by atoms with van der Waals surface area (Å²) in [6, 6.07) is 11.9. The molecule has 0 bridgehead atoms. The van der Waals surface area contributed by atoms with Crippen molar-refractivity contribution in [2.45, 2.75) is 22.8 Å². The van der Waals surface area contributed by atoms with E-state index in [0.717, 1.165) is 10.5 Å². The maximum atomic E-state index is 9.39. The van der Waals surface area contributed by atoms with E-state index >= 15 is 0 Å². The zero-order valence-corrected chi connectivity index (χ0v) is 9.82. The molecule has 1 aromatic carbocycles. The van der Waals surface area contributed by atoms with Crippen molar-refractivity contribution in [1.82, 2.24) is 4.98 Å². The number of aliphatic hydroxyl groups excluding tert-OH is 1. The Morgan fingerprint density at radius 3 is 2.12 bits per heavy atom. The molecular formula is C13H13NOS. The smallest absolute Gasteiger partial charge is 0.0761 e. The fraction of sp³-hybridized carbons (Fsp3) is 0.154. The van der Waals surface area contributed by atoms with Crippen LogP contribution in [0.3, 0.4) is 0 Å². The van der Waals surface area contributed by atoms with E-state index < -0.39 is 6.10 Å². The topological polar surface area (TPSA) is 33.1 Å². The first-order chi connectivity index (χ1) is 7.75. The maximum absolute atomic E-state index is 9.39. The summed E-state index contributed by atoms with van der Waals surface area (Å²) in [7, 11) is 0. The van der Waals surface area contributed by atoms with Crippen LogP contribution in [-0.4, -0.2) is 10.1 Å². The van der Waals surface area contributed by atoms with Gasteiger partial charge in [0.1, 0.15) is 0 Å². The molecular weight excluding hydrogens is 218 g/mol. The Kier molecular flexibility index (Phi) is 3.59. The van der Waals surface area contributed by atoms with E-state index in [1.165, 1.54) is 4.90 Å². The van der Waals surface area contributed by atoms with Crippen LogP contribution in [0.1, 0.15) is 18.6 Å². The van der Waals surface area contributed by atoms with Crippen LogP contribution in [0.15, 0.2) is 58.6 Å². The van der Waals surface area contributed by atoms with Gasteiger partial charge in [-0.3, -0.25) is 4.98 Å². The molecule has 0 saturated carbocycles. The molecule has 2 aromatic rings. The first kappa shape index (κ1) is 11.2. The average molecular weight is 231 g/mol.